The second-order valence-electron chi connectivity index (χ2n) is 2.30. The van der Waals surface area contributed by atoms with E-state index in [-0.39, 0.29) is 12.1 Å². The average Bonchev–Trinajstić information content (AvgIpc) is 1.83. The molecule has 0 spiro atoms. The van der Waals surface area contributed by atoms with Crippen molar-refractivity contribution in [2.45, 2.75) is 26.9 Å². The molecule has 0 amide bonds. The van der Waals surface area contributed by atoms with E-state index in [0.717, 1.165) is 0 Å². The quantitative estimate of drug-likeness (QED) is 0.512. The molecular formula is C7H12O3. The highest BCUT2D eigenvalue weighted by Gasteiger charge is 2.12. The van der Waals surface area contributed by atoms with Gasteiger partial charge in [0.1, 0.15) is 6.26 Å². The summed E-state index contributed by atoms with van der Waals surface area (Å²) in [5.41, 5.74) is 0.704. The number of aliphatic hydroxyl groups excluding tert-OH is 1. The first-order chi connectivity index (χ1) is 4.54. The standard InChI is InChI=1S/C4H4O2.C3H8O/c1-3-2-6-4(3)5;1-3(2)4/h2H,1H3;3-4H,1-2H3. The zero-order chi connectivity index (χ0) is 8.15. The third kappa shape index (κ3) is 4.09. The van der Waals surface area contributed by atoms with Crippen LogP contribution in [0.4, 0.5) is 0 Å². The normalized spacial score (nSPS) is 14.5. The summed E-state index contributed by atoms with van der Waals surface area (Å²) in [6, 6.07) is 0. The van der Waals surface area contributed by atoms with Crippen molar-refractivity contribution in [1.29, 1.82) is 0 Å². The molecule has 58 valence electrons. The van der Waals surface area contributed by atoms with Crippen LogP contribution in [-0.4, -0.2) is 17.2 Å². The maximum atomic E-state index is 9.94. The lowest BCUT2D eigenvalue weighted by atomic mass is 10.3. The van der Waals surface area contributed by atoms with Gasteiger partial charge in [-0.15, -0.1) is 0 Å². The molecule has 3 nitrogen and oxygen atoms in total. The Morgan fingerprint density at radius 1 is 1.60 bits per heavy atom. The molecule has 0 atom stereocenters. The van der Waals surface area contributed by atoms with E-state index in [9.17, 15) is 4.79 Å². The predicted octanol–water partition coefficient (Wildman–Crippen LogP) is 0.834. The van der Waals surface area contributed by atoms with Gasteiger partial charge in [-0.05, 0) is 20.8 Å². The predicted molar refractivity (Wildman–Crippen MR) is 37.2 cm³/mol. The summed E-state index contributed by atoms with van der Waals surface area (Å²) in [5, 5.41) is 8.06. The zero-order valence-electron chi connectivity index (χ0n) is 6.42. The van der Waals surface area contributed by atoms with Gasteiger partial charge >= 0.3 is 5.97 Å². The Morgan fingerprint density at radius 3 is 1.90 bits per heavy atom. The van der Waals surface area contributed by atoms with Gasteiger partial charge in [0.2, 0.25) is 0 Å². The van der Waals surface area contributed by atoms with Crippen LogP contribution in [0.1, 0.15) is 20.8 Å². The molecule has 0 fully saturated rings. The third-order valence-electron chi connectivity index (χ3n) is 0.665. The Kier molecular flexibility index (Phi) is 3.72. The molecule has 0 aliphatic carbocycles. The average molecular weight is 144 g/mol. The molecule has 0 aromatic rings. The molecular weight excluding hydrogens is 132 g/mol. The van der Waals surface area contributed by atoms with Gasteiger partial charge in [-0.1, -0.05) is 0 Å². The van der Waals surface area contributed by atoms with Crippen LogP contribution in [0.3, 0.4) is 0 Å². The van der Waals surface area contributed by atoms with Crippen molar-refractivity contribution >= 4 is 5.97 Å². The number of carbonyl (C=O) groups excluding carboxylic acids is 1. The summed E-state index contributed by atoms with van der Waals surface area (Å²) in [4.78, 5) is 9.94. The third-order valence-corrected chi connectivity index (χ3v) is 0.665. The number of ether oxygens (including phenoxy) is 1. The molecule has 1 N–H and O–H groups in total. The number of esters is 1. The fourth-order valence-electron chi connectivity index (χ4n) is 0.225. The minimum atomic E-state index is -0.199. The maximum absolute atomic E-state index is 9.94. The van der Waals surface area contributed by atoms with Crippen molar-refractivity contribution < 1.29 is 14.6 Å². The molecule has 0 saturated carbocycles. The van der Waals surface area contributed by atoms with Crippen molar-refractivity contribution in [3.05, 3.63) is 11.8 Å². The SMILES string of the molecule is CC(C)O.CC1=COC1=O. The van der Waals surface area contributed by atoms with E-state index in [4.69, 9.17) is 5.11 Å². The van der Waals surface area contributed by atoms with Crippen LogP contribution in [0.2, 0.25) is 0 Å². The lowest BCUT2D eigenvalue weighted by Gasteiger charge is -2.05. The number of hydrogen-bond donors (Lipinski definition) is 1. The summed E-state index contributed by atoms with van der Waals surface area (Å²) in [5.74, 6) is -0.199. The minimum absolute atomic E-state index is 0.167. The number of cyclic esters (lactones) is 1. The second-order valence-corrected chi connectivity index (χ2v) is 2.30. The molecule has 0 saturated heterocycles. The van der Waals surface area contributed by atoms with Gasteiger partial charge in [-0.25, -0.2) is 4.79 Å². The molecule has 0 aromatic carbocycles. The number of carbonyl (C=O) groups is 1. The highest BCUT2D eigenvalue weighted by molar-refractivity contribution is 5.92. The first kappa shape index (κ1) is 9.17. The van der Waals surface area contributed by atoms with Crippen LogP contribution < -0.4 is 0 Å². The Labute approximate surface area is 60.3 Å². The number of rotatable bonds is 0. The molecule has 1 heterocycles. The maximum Gasteiger partial charge on any atom is 0.341 e. The topological polar surface area (TPSA) is 46.5 Å². The van der Waals surface area contributed by atoms with Gasteiger partial charge in [-0.3, -0.25) is 0 Å². The molecule has 1 aliphatic heterocycles. The smallest absolute Gasteiger partial charge is 0.341 e. The fraction of sp³-hybridized carbons (Fsp3) is 0.571. The van der Waals surface area contributed by atoms with Crippen LogP contribution >= 0.6 is 0 Å². The molecule has 10 heavy (non-hydrogen) atoms. The minimum Gasteiger partial charge on any atom is -0.430 e. The Balaban J connectivity index is 0.000000180. The first-order valence-corrected chi connectivity index (χ1v) is 3.10. The van der Waals surface area contributed by atoms with Gasteiger partial charge in [0.25, 0.3) is 0 Å². The van der Waals surface area contributed by atoms with Gasteiger partial charge < -0.3 is 9.84 Å². The van der Waals surface area contributed by atoms with E-state index in [1.165, 1.54) is 6.26 Å². The molecule has 0 unspecified atom stereocenters. The molecule has 0 aromatic heterocycles. The van der Waals surface area contributed by atoms with E-state index in [0.29, 0.717) is 5.57 Å². The lowest BCUT2D eigenvalue weighted by Crippen LogP contribution is -2.10. The van der Waals surface area contributed by atoms with E-state index in [1.807, 2.05) is 0 Å². The monoisotopic (exact) mass is 144 g/mol. The van der Waals surface area contributed by atoms with Crippen molar-refractivity contribution in [1.82, 2.24) is 0 Å². The molecule has 1 aliphatic rings. The highest BCUT2D eigenvalue weighted by atomic mass is 16.5. The van der Waals surface area contributed by atoms with Crippen molar-refractivity contribution in [3.63, 3.8) is 0 Å². The first-order valence-electron chi connectivity index (χ1n) is 3.10. The second kappa shape index (κ2) is 4.06. The fourth-order valence-corrected chi connectivity index (χ4v) is 0.225. The molecule has 3 heteroatoms. The van der Waals surface area contributed by atoms with Gasteiger partial charge in [0, 0.05) is 6.10 Å². The number of aliphatic hydroxyl groups is 1. The zero-order valence-corrected chi connectivity index (χ0v) is 6.42. The largest absolute Gasteiger partial charge is 0.430 e. The van der Waals surface area contributed by atoms with E-state index < -0.39 is 0 Å². The van der Waals surface area contributed by atoms with Crippen LogP contribution in [0, 0.1) is 0 Å². The van der Waals surface area contributed by atoms with Crippen LogP contribution in [0.25, 0.3) is 0 Å². The summed E-state index contributed by atoms with van der Waals surface area (Å²) in [7, 11) is 0. The van der Waals surface area contributed by atoms with Crippen molar-refractivity contribution in [2.24, 2.45) is 0 Å². The lowest BCUT2D eigenvalue weighted by molar-refractivity contribution is -0.138. The summed E-state index contributed by atoms with van der Waals surface area (Å²) >= 11 is 0. The van der Waals surface area contributed by atoms with Crippen LogP contribution in [0.15, 0.2) is 11.8 Å². The van der Waals surface area contributed by atoms with Crippen molar-refractivity contribution in [2.75, 3.05) is 0 Å². The highest BCUT2D eigenvalue weighted by Crippen LogP contribution is 2.06. The number of hydrogen-bond acceptors (Lipinski definition) is 3. The van der Waals surface area contributed by atoms with Gasteiger partial charge in [0.15, 0.2) is 0 Å². The van der Waals surface area contributed by atoms with Crippen molar-refractivity contribution in [3.8, 4) is 0 Å². The van der Waals surface area contributed by atoms with E-state index in [1.54, 1.807) is 20.8 Å². The van der Waals surface area contributed by atoms with E-state index in [2.05, 4.69) is 4.74 Å². The summed E-state index contributed by atoms with van der Waals surface area (Å²) < 4.78 is 4.24. The molecule has 0 radical (unpaired) electrons. The summed E-state index contributed by atoms with van der Waals surface area (Å²) in [6.45, 7) is 5.16. The molecule has 1 rings (SSSR count). The van der Waals surface area contributed by atoms with Crippen LogP contribution in [0.5, 0.6) is 0 Å². The Hall–Kier alpha value is -0.830. The van der Waals surface area contributed by atoms with Gasteiger partial charge in [0.05, 0.1) is 5.57 Å². The Morgan fingerprint density at radius 2 is 1.90 bits per heavy atom. The molecule has 0 bridgehead atoms. The Bertz CT molecular complexity index is 144. The summed E-state index contributed by atoms with van der Waals surface area (Å²) in [6.07, 6.45) is 1.27. The van der Waals surface area contributed by atoms with E-state index >= 15 is 0 Å². The van der Waals surface area contributed by atoms with Crippen LogP contribution in [-0.2, 0) is 9.53 Å². The van der Waals surface area contributed by atoms with Gasteiger partial charge in [-0.2, -0.15) is 0 Å².